The molecule has 0 radical (unpaired) electrons. The topological polar surface area (TPSA) is 26.0 Å². The van der Waals surface area contributed by atoms with Crippen LogP contribution in [0.1, 0.15) is 0 Å². The van der Waals surface area contributed by atoms with Crippen molar-refractivity contribution in [1.82, 2.24) is 4.98 Å². The summed E-state index contributed by atoms with van der Waals surface area (Å²) in [4.78, 5) is 4.39. The molecule has 0 saturated carbocycles. The van der Waals surface area contributed by atoms with Crippen LogP contribution in [0.5, 0.6) is 0 Å². The highest BCUT2D eigenvalue weighted by molar-refractivity contribution is 5.91. The van der Waals surface area contributed by atoms with Crippen molar-refractivity contribution >= 4 is 0 Å². The molecule has 0 N–H and O–H groups in total. The minimum Gasteiger partial charge on any atom is -0.444 e. The molecule has 110 valence electrons. The Bertz CT molecular complexity index is 840. The Hall–Kier alpha value is -3.13. The van der Waals surface area contributed by atoms with E-state index in [4.69, 9.17) is 4.42 Å². The number of oxazole rings is 1. The number of aromatic nitrogens is 1. The van der Waals surface area contributed by atoms with E-state index in [1.165, 1.54) is 0 Å². The van der Waals surface area contributed by atoms with E-state index in [1.807, 2.05) is 36.4 Å². The second-order valence-corrected chi connectivity index (χ2v) is 5.30. The molecule has 2 heteroatoms. The van der Waals surface area contributed by atoms with Crippen LogP contribution < -0.4 is 0 Å². The molecule has 0 unspecified atom stereocenters. The van der Waals surface area contributed by atoms with E-state index in [9.17, 15) is 0 Å². The van der Waals surface area contributed by atoms with Gasteiger partial charge < -0.3 is 4.42 Å². The van der Waals surface area contributed by atoms with Crippen molar-refractivity contribution in [2.24, 2.45) is 0 Å². The predicted molar refractivity (Wildman–Crippen MR) is 92.8 cm³/mol. The molecule has 1 heterocycles. The molecule has 2 nitrogen and oxygen atoms in total. The summed E-state index contributed by atoms with van der Waals surface area (Å²) < 4.78 is 5.63. The van der Waals surface area contributed by atoms with Crippen molar-refractivity contribution in [3.05, 3.63) is 91.3 Å². The van der Waals surface area contributed by atoms with Crippen molar-refractivity contribution in [2.75, 3.05) is 0 Å². The molecule has 0 aliphatic heterocycles. The first-order chi connectivity index (χ1) is 11.4. The molecule has 4 rings (SSSR count). The molecule has 3 aromatic carbocycles. The molecule has 0 atom stereocenters. The van der Waals surface area contributed by atoms with Gasteiger partial charge in [-0.15, -0.1) is 0 Å². The molecule has 0 amide bonds. The van der Waals surface area contributed by atoms with Crippen LogP contribution >= 0.6 is 0 Å². The van der Waals surface area contributed by atoms with Gasteiger partial charge in [0.2, 0.25) is 5.89 Å². The van der Waals surface area contributed by atoms with Crippen LogP contribution in [0.2, 0.25) is 0 Å². The van der Waals surface area contributed by atoms with Gasteiger partial charge in [-0.2, -0.15) is 0 Å². The highest BCUT2D eigenvalue weighted by atomic mass is 16.3. The standard InChI is InChI=1S/C21H15NO/c1-3-8-16(9-4-1)18-12-7-13-19(17-10-5-2-6-11-17)20(18)21-22-14-15-23-21/h1-15H. The van der Waals surface area contributed by atoms with Gasteiger partial charge in [-0.05, 0) is 22.3 Å². The van der Waals surface area contributed by atoms with Crippen molar-refractivity contribution < 1.29 is 4.42 Å². The molecule has 0 spiro atoms. The van der Waals surface area contributed by atoms with Gasteiger partial charge in [-0.25, -0.2) is 4.98 Å². The van der Waals surface area contributed by atoms with Crippen molar-refractivity contribution in [3.63, 3.8) is 0 Å². The summed E-state index contributed by atoms with van der Waals surface area (Å²) in [5.41, 5.74) is 5.57. The van der Waals surface area contributed by atoms with Gasteiger partial charge in [0.1, 0.15) is 6.26 Å². The van der Waals surface area contributed by atoms with Gasteiger partial charge >= 0.3 is 0 Å². The zero-order valence-corrected chi connectivity index (χ0v) is 12.5. The average Bonchev–Trinajstić information content (AvgIpc) is 3.17. The Labute approximate surface area is 135 Å². The zero-order chi connectivity index (χ0) is 15.5. The number of hydrogen-bond donors (Lipinski definition) is 0. The smallest absolute Gasteiger partial charge is 0.227 e. The van der Waals surface area contributed by atoms with Gasteiger partial charge in [0.05, 0.1) is 11.8 Å². The maximum atomic E-state index is 5.63. The van der Waals surface area contributed by atoms with Crippen LogP contribution in [0, 0.1) is 0 Å². The number of hydrogen-bond acceptors (Lipinski definition) is 2. The average molecular weight is 297 g/mol. The van der Waals surface area contributed by atoms with E-state index in [0.29, 0.717) is 5.89 Å². The molecule has 0 fully saturated rings. The van der Waals surface area contributed by atoms with Crippen LogP contribution in [0.15, 0.2) is 95.7 Å². The van der Waals surface area contributed by atoms with E-state index >= 15 is 0 Å². The third-order valence-corrected chi connectivity index (χ3v) is 3.88. The van der Waals surface area contributed by atoms with Gasteiger partial charge in [-0.1, -0.05) is 78.9 Å². The molecule has 0 saturated heterocycles. The maximum Gasteiger partial charge on any atom is 0.227 e. The fraction of sp³-hybridized carbons (Fsp3) is 0. The Morgan fingerprint density at radius 3 is 1.65 bits per heavy atom. The first kappa shape index (κ1) is 13.5. The second kappa shape index (κ2) is 5.93. The Balaban J connectivity index is 2.01. The van der Waals surface area contributed by atoms with E-state index in [0.717, 1.165) is 27.8 Å². The van der Waals surface area contributed by atoms with E-state index < -0.39 is 0 Å². The summed E-state index contributed by atoms with van der Waals surface area (Å²) in [6.45, 7) is 0. The summed E-state index contributed by atoms with van der Waals surface area (Å²) >= 11 is 0. The maximum absolute atomic E-state index is 5.63. The first-order valence-corrected chi connectivity index (χ1v) is 7.57. The molecule has 0 aliphatic carbocycles. The summed E-state index contributed by atoms with van der Waals surface area (Å²) in [5, 5.41) is 0. The minimum atomic E-state index is 0.642. The monoisotopic (exact) mass is 297 g/mol. The van der Waals surface area contributed by atoms with Crippen LogP contribution in [0.3, 0.4) is 0 Å². The van der Waals surface area contributed by atoms with Gasteiger partial charge in [0, 0.05) is 0 Å². The third-order valence-electron chi connectivity index (χ3n) is 3.88. The highest BCUT2D eigenvalue weighted by Crippen LogP contribution is 2.39. The summed E-state index contributed by atoms with van der Waals surface area (Å²) in [6, 6.07) is 27.0. The SMILES string of the molecule is c1ccc(-c2cccc(-c3ccccc3)c2-c2ncco2)cc1. The van der Waals surface area contributed by atoms with Crippen molar-refractivity contribution in [2.45, 2.75) is 0 Å². The molecular formula is C21H15NO. The molecular weight excluding hydrogens is 282 g/mol. The van der Waals surface area contributed by atoms with Gasteiger partial charge in [0.15, 0.2) is 0 Å². The largest absolute Gasteiger partial charge is 0.444 e. The van der Waals surface area contributed by atoms with Gasteiger partial charge in [0.25, 0.3) is 0 Å². The minimum absolute atomic E-state index is 0.642. The summed E-state index contributed by atoms with van der Waals surface area (Å²) in [6.07, 6.45) is 3.30. The first-order valence-electron chi connectivity index (χ1n) is 7.57. The highest BCUT2D eigenvalue weighted by Gasteiger charge is 2.16. The lowest BCUT2D eigenvalue weighted by Gasteiger charge is -2.13. The second-order valence-electron chi connectivity index (χ2n) is 5.30. The zero-order valence-electron chi connectivity index (χ0n) is 12.5. The quantitative estimate of drug-likeness (QED) is 0.486. The summed E-state index contributed by atoms with van der Waals surface area (Å²) in [7, 11) is 0. The van der Waals surface area contributed by atoms with Gasteiger partial charge in [-0.3, -0.25) is 0 Å². The lowest BCUT2D eigenvalue weighted by Crippen LogP contribution is -1.90. The third kappa shape index (κ3) is 2.55. The van der Waals surface area contributed by atoms with Crippen molar-refractivity contribution in [1.29, 1.82) is 0 Å². The fourth-order valence-corrected chi connectivity index (χ4v) is 2.85. The van der Waals surface area contributed by atoms with Crippen LogP contribution in [-0.4, -0.2) is 4.98 Å². The van der Waals surface area contributed by atoms with Crippen molar-refractivity contribution in [3.8, 4) is 33.7 Å². The number of nitrogens with zero attached hydrogens (tertiary/aromatic N) is 1. The van der Waals surface area contributed by atoms with Crippen LogP contribution in [-0.2, 0) is 0 Å². The van der Waals surface area contributed by atoms with E-state index in [1.54, 1.807) is 12.5 Å². The fourth-order valence-electron chi connectivity index (χ4n) is 2.85. The molecule has 0 bridgehead atoms. The molecule has 1 aromatic heterocycles. The number of benzene rings is 3. The molecule has 0 aliphatic rings. The lowest BCUT2D eigenvalue weighted by atomic mass is 9.92. The van der Waals surface area contributed by atoms with Crippen LogP contribution in [0.25, 0.3) is 33.7 Å². The van der Waals surface area contributed by atoms with E-state index in [2.05, 4.69) is 47.4 Å². The predicted octanol–water partition coefficient (Wildman–Crippen LogP) is 5.68. The van der Waals surface area contributed by atoms with E-state index in [-0.39, 0.29) is 0 Å². The Morgan fingerprint density at radius 1 is 0.609 bits per heavy atom. The van der Waals surface area contributed by atoms with Crippen LogP contribution in [0.4, 0.5) is 0 Å². The summed E-state index contributed by atoms with van der Waals surface area (Å²) in [5.74, 6) is 0.642. The number of rotatable bonds is 3. The lowest BCUT2D eigenvalue weighted by molar-refractivity contribution is 0.575. The molecule has 4 aromatic rings. The molecule has 23 heavy (non-hydrogen) atoms. The normalized spacial score (nSPS) is 10.6. The Kier molecular flexibility index (Phi) is 3.49. The Morgan fingerprint density at radius 2 is 1.17 bits per heavy atom.